The highest BCUT2D eigenvalue weighted by molar-refractivity contribution is 7.93. The van der Waals surface area contributed by atoms with Gasteiger partial charge < -0.3 is 9.64 Å². The summed E-state index contributed by atoms with van der Waals surface area (Å²) in [7, 11) is -2.19. The topological polar surface area (TPSA) is 66.9 Å². The number of benzene rings is 3. The largest absolute Gasteiger partial charge is 0.495 e. The molecule has 0 aliphatic carbocycles. The normalized spacial score (nSPS) is 16.6. The van der Waals surface area contributed by atoms with Crippen LogP contribution in [0.3, 0.4) is 0 Å². The summed E-state index contributed by atoms with van der Waals surface area (Å²) in [5, 5.41) is 1.53. The molecule has 2 heterocycles. The molecule has 0 aromatic heterocycles. The number of hydrogen-bond donors (Lipinski definition) is 0. The van der Waals surface area contributed by atoms with Gasteiger partial charge in [0.1, 0.15) is 12.3 Å². The van der Waals surface area contributed by atoms with Crippen molar-refractivity contribution in [2.45, 2.75) is 24.7 Å². The van der Waals surface area contributed by atoms with Crippen LogP contribution >= 0.6 is 0 Å². The highest BCUT2D eigenvalue weighted by Crippen LogP contribution is 2.43. The molecule has 0 N–H and O–H groups in total. The quantitative estimate of drug-likeness (QED) is 0.646. The second-order valence-electron chi connectivity index (χ2n) is 7.70. The van der Waals surface area contributed by atoms with Crippen molar-refractivity contribution in [1.82, 2.24) is 0 Å². The number of fused-ring (bicyclic) bond motifs is 1. The van der Waals surface area contributed by atoms with E-state index in [0.717, 1.165) is 35.0 Å². The molecule has 0 unspecified atom stereocenters. The Bertz CT molecular complexity index is 1290. The maximum atomic E-state index is 13.4. The van der Waals surface area contributed by atoms with E-state index < -0.39 is 10.0 Å². The maximum absolute atomic E-state index is 13.4. The summed E-state index contributed by atoms with van der Waals surface area (Å²) in [5.41, 5.74) is 3.52. The fourth-order valence-electron chi connectivity index (χ4n) is 4.60. The third-order valence-corrected chi connectivity index (χ3v) is 7.84. The molecule has 3 aromatic carbocycles. The van der Waals surface area contributed by atoms with Crippen LogP contribution in [0.2, 0.25) is 0 Å². The Labute approximate surface area is 175 Å². The summed E-state index contributed by atoms with van der Waals surface area (Å²) in [6.07, 6.45) is 1.70. The van der Waals surface area contributed by atoms with Crippen molar-refractivity contribution in [2.24, 2.45) is 0 Å². The van der Waals surface area contributed by atoms with Crippen molar-refractivity contribution in [3.63, 3.8) is 0 Å². The molecule has 0 radical (unpaired) electrons. The number of anilines is 2. The van der Waals surface area contributed by atoms with Gasteiger partial charge in [0.05, 0.1) is 23.4 Å². The SMILES string of the molecule is COc1ccc(C)c2c1N(C(=O)CN1c3cccc4cccc(c34)S1(=O)=O)CCC2. The molecule has 0 saturated carbocycles. The molecule has 154 valence electrons. The second-order valence-corrected chi connectivity index (χ2v) is 9.53. The molecule has 6 nitrogen and oxygen atoms in total. The van der Waals surface area contributed by atoms with Crippen LogP contribution in [0.4, 0.5) is 11.4 Å². The number of hydrogen-bond acceptors (Lipinski definition) is 4. The molecular formula is C23H22N2O4S. The van der Waals surface area contributed by atoms with Crippen LogP contribution in [0.5, 0.6) is 5.75 Å². The molecule has 0 bridgehead atoms. The molecule has 0 atom stereocenters. The Hall–Kier alpha value is -3.06. The van der Waals surface area contributed by atoms with Gasteiger partial charge in [-0.15, -0.1) is 0 Å². The van der Waals surface area contributed by atoms with Gasteiger partial charge >= 0.3 is 0 Å². The zero-order chi connectivity index (χ0) is 21.0. The summed E-state index contributed by atoms with van der Waals surface area (Å²) < 4.78 is 33.2. The van der Waals surface area contributed by atoms with Gasteiger partial charge in [0.15, 0.2) is 0 Å². The number of carbonyl (C=O) groups excluding carboxylic acids is 1. The van der Waals surface area contributed by atoms with Crippen molar-refractivity contribution in [3.05, 3.63) is 59.7 Å². The van der Waals surface area contributed by atoms with E-state index in [1.807, 2.05) is 37.3 Å². The van der Waals surface area contributed by atoms with Crippen molar-refractivity contribution < 1.29 is 17.9 Å². The van der Waals surface area contributed by atoms with E-state index in [0.29, 0.717) is 23.4 Å². The second kappa shape index (κ2) is 6.74. The number of amides is 1. The standard InChI is InChI=1S/C23H22N2O4S/c1-15-11-12-19(29-2)23-17(15)8-5-13-24(23)21(26)14-25-18-9-3-6-16-7-4-10-20(22(16)18)30(25,27)28/h3-4,6-7,9-12H,5,8,13-14H2,1-2H3. The minimum Gasteiger partial charge on any atom is -0.495 e. The lowest BCUT2D eigenvalue weighted by Crippen LogP contribution is -2.44. The predicted molar refractivity (Wildman–Crippen MR) is 117 cm³/mol. The first-order valence-corrected chi connectivity index (χ1v) is 11.4. The number of ether oxygens (including phenoxy) is 1. The van der Waals surface area contributed by atoms with E-state index in [1.54, 1.807) is 30.2 Å². The van der Waals surface area contributed by atoms with Gasteiger partial charge in [0, 0.05) is 11.9 Å². The van der Waals surface area contributed by atoms with Gasteiger partial charge in [-0.3, -0.25) is 9.10 Å². The summed E-state index contributed by atoms with van der Waals surface area (Å²) in [6.45, 7) is 2.32. The highest BCUT2D eigenvalue weighted by atomic mass is 32.2. The van der Waals surface area contributed by atoms with Crippen LogP contribution in [0.1, 0.15) is 17.5 Å². The molecule has 2 aliphatic rings. The number of sulfonamides is 1. The Morgan fingerprint density at radius 2 is 1.87 bits per heavy atom. The van der Waals surface area contributed by atoms with Crippen LogP contribution in [-0.4, -0.2) is 34.5 Å². The lowest BCUT2D eigenvalue weighted by atomic mass is 9.96. The lowest BCUT2D eigenvalue weighted by molar-refractivity contribution is -0.117. The molecule has 2 aliphatic heterocycles. The number of carbonyl (C=O) groups is 1. The first kappa shape index (κ1) is 18.9. The fraction of sp³-hybridized carbons (Fsp3) is 0.261. The van der Waals surface area contributed by atoms with Gasteiger partial charge in [0.2, 0.25) is 5.91 Å². The molecule has 0 saturated heterocycles. The van der Waals surface area contributed by atoms with Gasteiger partial charge in [0.25, 0.3) is 10.0 Å². The Kier molecular flexibility index (Phi) is 4.25. The fourth-order valence-corrected chi connectivity index (χ4v) is 6.26. The average Bonchev–Trinajstić information content (AvgIpc) is 2.97. The third kappa shape index (κ3) is 2.61. The first-order valence-electron chi connectivity index (χ1n) is 9.95. The van der Waals surface area contributed by atoms with E-state index >= 15 is 0 Å². The summed E-state index contributed by atoms with van der Waals surface area (Å²) in [4.78, 5) is 15.4. The summed E-state index contributed by atoms with van der Waals surface area (Å²) >= 11 is 0. The molecule has 5 rings (SSSR count). The molecule has 0 fully saturated rings. The van der Waals surface area contributed by atoms with Crippen molar-refractivity contribution in [3.8, 4) is 5.75 Å². The van der Waals surface area contributed by atoms with E-state index in [2.05, 4.69) is 0 Å². The number of rotatable bonds is 3. The van der Waals surface area contributed by atoms with E-state index in [4.69, 9.17) is 4.74 Å². The zero-order valence-electron chi connectivity index (χ0n) is 16.9. The van der Waals surface area contributed by atoms with E-state index in [9.17, 15) is 13.2 Å². The minimum atomic E-state index is -3.78. The summed E-state index contributed by atoms with van der Waals surface area (Å²) in [6, 6.07) is 14.6. The number of nitrogens with zero attached hydrogens (tertiary/aromatic N) is 2. The molecule has 1 amide bonds. The average molecular weight is 423 g/mol. The van der Waals surface area contributed by atoms with Crippen molar-refractivity contribution in [1.29, 1.82) is 0 Å². The monoisotopic (exact) mass is 422 g/mol. The van der Waals surface area contributed by atoms with Crippen molar-refractivity contribution in [2.75, 3.05) is 29.4 Å². The Morgan fingerprint density at radius 1 is 1.10 bits per heavy atom. The first-order chi connectivity index (χ1) is 14.4. The van der Waals surface area contributed by atoms with Crippen LogP contribution in [0.15, 0.2) is 53.4 Å². The Morgan fingerprint density at radius 3 is 2.63 bits per heavy atom. The van der Waals surface area contributed by atoms with Gasteiger partial charge in [-0.25, -0.2) is 8.42 Å². The highest BCUT2D eigenvalue weighted by Gasteiger charge is 2.38. The van der Waals surface area contributed by atoms with Crippen LogP contribution in [-0.2, 0) is 21.2 Å². The predicted octanol–water partition coefficient (Wildman–Crippen LogP) is 3.64. The van der Waals surface area contributed by atoms with Crippen LogP contribution in [0.25, 0.3) is 10.8 Å². The smallest absolute Gasteiger partial charge is 0.265 e. The molecule has 0 spiro atoms. The van der Waals surface area contributed by atoms with Gasteiger partial charge in [-0.05, 0) is 54.5 Å². The number of aryl methyl sites for hydroxylation is 1. The van der Waals surface area contributed by atoms with Crippen LogP contribution < -0.4 is 13.9 Å². The van der Waals surface area contributed by atoms with E-state index in [-0.39, 0.29) is 17.3 Å². The lowest BCUT2D eigenvalue weighted by Gasteiger charge is -2.33. The maximum Gasteiger partial charge on any atom is 0.265 e. The van der Waals surface area contributed by atoms with Crippen molar-refractivity contribution >= 4 is 38.1 Å². The van der Waals surface area contributed by atoms with Gasteiger partial charge in [-0.2, -0.15) is 0 Å². The summed E-state index contributed by atoms with van der Waals surface area (Å²) in [5.74, 6) is 0.381. The molecular weight excluding hydrogens is 400 g/mol. The van der Waals surface area contributed by atoms with E-state index in [1.165, 1.54) is 4.31 Å². The van der Waals surface area contributed by atoms with Gasteiger partial charge in [-0.1, -0.05) is 30.3 Å². The van der Waals surface area contributed by atoms with Crippen LogP contribution in [0, 0.1) is 6.92 Å². The molecule has 30 heavy (non-hydrogen) atoms. The Balaban J connectivity index is 1.56. The molecule has 7 heteroatoms. The molecule has 3 aromatic rings. The zero-order valence-corrected chi connectivity index (χ0v) is 17.7. The minimum absolute atomic E-state index is 0.243. The number of methoxy groups -OCH3 is 1. The third-order valence-electron chi connectivity index (χ3n) is 6.04.